The molecule has 21 heavy (non-hydrogen) atoms. The predicted octanol–water partition coefficient (Wildman–Crippen LogP) is -0.995. The summed E-state index contributed by atoms with van der Waals surface area (Å²) in [6.07, 6.45) is 3.09. The highest BCUT2D eigenvalue weighted by molar-refractivity contribution is 7.89. The minimum atomic E-state index is -3.60. The van der Waals surface area contributed by atoms with Gasteiger partial charge in [-0.25, -0.2) is 23.5 Å². The van der Waals surface area contributed by atoms with Crippen LogP contribution in [0.25, 0.3) is 11.0 Å². The zero-order valence-corrected chi connectivity index (χ0v) is 12.1. The molecule has 0 aliphatic carbocycles. The number of nitrogens with two attached hydrogens (primary N) is 1. The molecule has 2 aromatic rings. The summed E-state index contributed by atoms with van der Waals surface area (Å²) in [5.74, 6) is -0.257. The lowest BCUT2D eigenvalue weighted by atomic mass is 10.1. The molecule has 3 heterocycles. The van der Waals surface area contributed by atoms with Crippen molar-refractivity contribution in [3.63, 3.8) is 0 Å². The Morgan fingerprint density at radius 3 is 2.90 bits per heavy atom. The monoisotopic (exact) mass is 310 g/mol. The molecule has 0 aromatic carbocycles. The number of nitrogens with zero attached hydrogens (tertiary/aromatic N) is 5. The second-order valence-corrected chi connectivity index (χ2v) is 6.77. The van der Waals surface area contributed by atoms with Gasteiger partial charge in [0.05, 0.1) is 17.3 Å². The van der Waals surface area contributed by atoms with Crippen LogP contribution in [-0.4, -0.2) is 46.4 Å². The van der Waals surface area contributed by atoms with Crippen LogP contribution in [0.1, 0.15) is 6.42 Å². The second-order valence-electron chi connectivity index (χ2n) is 5.11. The van der Waals surface area contributed by atoms with Crippen molar-refractivity contribution in [3.8, 4) is 0 Å². The number of fused-ring (bicyclic) bond motifs is 1. The number of sulfonamides is 1. The number of aryl methyl sites for hydroxylation is 1. The molecule has 1 aliphatic heterocycles. The van der Waals surface area contributed by atoms with E-state index in [1.807, 2.05) is 0 Å². The van der Waals surface area contributed by atoms with Gasteiger partial charge in [0.1, 0.15) is 12.1 Å². The van der Waals surface area contributed by atoms with Gasteiger partial charge in [0, 0.05) is 25.9 Å². The standard InChI is InChI=1S/C11H14N6O3S/c1-16-10-8(3-15-16)11(14-6-13-10)17-4-7(2-9(17)18)5-21(12,19)20/h3,6-7H,2,4-5H2,1H3,(H2,12,19,20). The fourth-order valence-electron chi connectivity index (χ4n) is 2.59. The maximum atomic E-state index is 12.1. The highest BCUT2D eigenvalue weighted by Crippen LogP contribution is 2.28. The van der Waals surface area contributed by atoms with Gasteiger partial charge in [-0.3, -0.25) is 14.4 Å². The van der Waals surface area contributed by atoms with Gasteiger partial charge in [-0.15, -0.1) is 0 Å². The van der Waals surface area contributed by atoms with Crippen molar-refractivity contribution >= 4 is 32.8 Å². The maximum absolute atomic E-state index is 12.1. The van der Waals surface area contributed by atoms with E-state index in [-0.39, 0.29) is 30.5 Å². The average Bonchev–Trinajstić information content (AvgIpc) is 2.91. The molecule has 1 saturated heterocycles. The second kappa shape index (κ2) is 4.74. The number of hydrogen-bond donors (Lipinski definition) is 1. The van der Waals surface area contributed by atoms with Crippen LogP contribution in [0.2, 0.25) is 0 Å². The van der Waals surface area contributed by atoms with Crippen LogP contribution in [0.5, 0.6) is 0 Å². The number of anilines is 1. The summed E-state index contributed by atoms with van der Waals surface area (Å²) in [5.41, 5.74) is 0.614. The Kier molecular flexibility index (Phi) is 3.14. The Hall–Kier alpha value is -2.07. The number of aromatic nitrogens is 4. The third-order valence-corrected chi connectivity index (χ3v) is 4.37. The van der Waals surface area contributed by atoms with Crippen LogP contribution >= 0.6 is 0 Å². The molecule has 1 amide bonds. The number of hydrogen-bond acceptors (Lipinski definition) is 6. The van der Waals surface area contributed by atoms with E-state index >= 15 is 0 Å². The number of carbonyl (C=O) groups is 1. The van der Waals surface area contributed by atoms with E-state index in [9.17, 15) is 13.2 Å². The summed E-state index contributed by atoms with van der Waals surface area (Å²) in [7, 11) is -1.86. The van der Waals surface area contributed by atoms with Crippen molar-refractivity contribution in [2.24, 2.45) is 18.1 Å². The van der Waals surface area contributed by atoms with E-state index in [0.717, 1.165) is 0 Å². The summed E-state index contributed by atoms with van der Waals surface area (Å²) < 4.78 is 23.9. The first-order chi connectivity index (χ1) is 9.85. The Labute approximate surface area is 120 Å². The van der Waals surface area contributed by atoms with E-state index < -0.39 is 10.0 Å². The zero-order valence-electron chi connectivity index (χ0n) is 11.3. The van der Waals surface area contributed by atoms with Crippen molar-refractivity contribution in [1.29, 1.82) is 0 Å². The lowest BCUT2D eigenvalue weighted by molar-refractivity contribution is -0.117. The van der Waals surface area contributed by atoms with Crippen molar-refractivity contribution in [2.75, 3.05) is 17.2 Å². The lowest BCUT2D eigenvalue weighted by Crippen LogP contribution is -2.28. The average molecular weight is 310 g/mol. The summed E-state index contributed by atoms with van der Waals surface area (Å²) in [6, 6.07) is 0. The Morgan fingerprint density at radius 2 is 2.19 bits per heavy atom. The van der Waals surface area contributed by atoms with Crippen LogP contribution in [0, 0.1) is 5.92 Å². The number of amides is 1. The Bertz CT molecular complexity index is 814. The fraction of sp³-hybridized carbons (Fsp3) is 0.455. The van der Waals surface area contributed by atoms with E-state index in [0.29, 0.717) is 16.9 Å². The molecule has 1 fully saturated rings. The third-order valence-electron chi connectivity index (χ3n) is 3.44. The van der Waals surface area contributed by atoms with Crippen LogP contribution < -0.4 is 10.0 Å². The van der Waals surface area contributed by atoms with Crippen molar-refractivity contribution in [3.05, 3.63) is 12.5 Å². The van der Waals surface area contributed by atoms with Gasteiger partial charge in [-0.05, 0) is 0 Å². The topological polar surface area (TPSA) is 124 Å². The molecule has 112 valence electrons. The summed E-state index contributed by atoms with van der Waals surface area (Å²) in [6.45, 7) is 0.274. The summed E-state index contributed by atoms with van der Waals surface area (Å²) in [5, 5.41) is 9.79. The van der Waals surface area contributed by atoms with E-state index in [1.54, 1.807) is 17.9 Å². The molecule has 1 unspecified atom stereocenters. The van der Waals surface area contributed by atoms with Gasteiger partial charge in [0.25, 0.3) is 0 Å². The largest absolute Gasteiger partial charge is 0.296 e. The molecule has 1 atom stereocenters. The van der Waals surface area contributed by atoms with Gasteiger partial charge >= 0.3 is 0 Å². The first-order valence-corrected chi connectivity index (χ1v) is 8.00. The maximum Gasteiger partial charge on any atom is 0.228 e. The molecule has 10 heteroatoms. The van der Waals surface area contributed by atoms with E-state index in [4.69, 9.17) is 5.14 Å². The van der Waals surface area contributed by atoms with Gasteiger partial charge in [0.15, 0.2) is 5.65 Å². The van der Waals surface area contributed by atoms with Crippen molar-refractivity contribution in [1.82, 2.24) is 19.7 Å². The number of primary sulfonamides is 1. The molecular formula is C11H14N6O3S. The zero-order chi connectivity index (χ0) is 15.2. The lowest BCUT2D eigenvalue weighted by Gasteiger charge is -2.15. The number of rotatable bonds is 3. The van der Waals surface area contributed by atoms with Crippen LogP contribution in [0.15, 0.2) is 12.5 Å². The van der Waals surface area contributed by atoms with E-state index in [1.165, 1.54) is 11.2 Å². The summed E-state index contributed by atoms with van der Waals surface area (Å²) in [4.78, 5) is 21.9. The van der Waals surface area contributed by atoms with Crippen LogP contribution in [0.4, 0.5) is 5.82 Å². The minimum absolute atomic E-state index is 0.141. The Balaban J connectivity index is 1.94. The minimum Gasteiger partial charge on any atom is -0.296 e. The van der Waals surface area contributed by atoms with E-state index in [2.05, 4.69) is 15.1 Å². The highest BCUT2D eigenvalue weighted by Gasteiger charge is 2.34. The molecule has 1 aliphatic rings. The molecule has 2 aromatic heterocycles. The quantitative estimate of drug-likeness (QED) is 0.775. The molecule has 9 nitrogen and oxygen atoms in total. The first-order valence-electron chi connectivity index (χ1n) is 6.28. The smallest absolute Gasteiger partial charge is 0.228 e. The van der Waals surface area contributed by atoms with Crippen molar-refractivity contribution < 1.29 is 13.2 Å². The van der Waals surface area contributed by atoms with Gasteiger partial charge in [-0.2, -0.15) is 5.10 Å². The third kappa shape index (κ3) is 2.59. The normalized spacial score (nSPS) is 19.6. The molecule has 0 radical (unpaired) electrons. The molecular weight excluding hydrogens is 296 g/mol. The molecule has 0 bridgehead atoms. The fourth-order valence-corrected chi connectivity index (χ4v) is 3.47. The molecule has 0 saturated carbocycles. The highest BCUT2D eigenvalue weighted by atomic mass is 32.2. The van der Waals surface area contributed by atoms with Gasteiger partial charge in [-0.1, -0.05) is 0 Å². The van der Waals surface area contributed by atoms with Gasteiger partial charge < -0.3 is 0 Å². The van der Waals surface area contributed by atoms with Crippen molar-refractivity contribution in [2.45, 2.75) is 6.42 Å². The Morgan fingerprint density at radius 1 is 1.43 bits per heavy atom. The van der Waals surface area contributed by atoms with Crippen LogP contribution in [0.3, 0.4) is 0 Å². The first kappa shape index (κ1) is 13.9. The van der Waals surface area contributed by atoms with Crippen LogP contribution in [-0.2, 0) is 21.9 Å². The molecule has 3 rings (SSSR count). The molecule has 2 N–H and O–H groups in total. The van der Waals surface area contributed by atoms with Gasteiger partial charge in [0.2, 0.25) is 15.9 Å². The molecule has 0 spiro atoms. The number of carbonyl (C=O) groups excluding carboxylic acids is 1. The SMILES string of the molecule is Cn1ncc2c(N3CC(CS(N)(=O)=O)CC3=O)ncnc21. The summed E-state index contributed by atoms with van der Waals surface area (Å²) >= 11 is 0. The predicted molar refractivity (Wildman–Crippen MR) is 74.7 cm³/mol.